The number of unbranched alkanes of at least 4 members (excludes halogenated alkanes) is 3. The summed E-state index contributed by atoms with van der Waals surface area (Å²) in [5.41, 5.74) is 0. The van der Waals surface area contributed by atoms with E-state index in [4.69, 9.17) is 4.74 Å². The van der Waals surface area contributed by atoms with Crippen molar-refractivity contribution in [2.45, 2.75) is 92.1 Å². The Hall–Kier alpha value is 0.239. The molecule has 0 N–H and O–H groups in total. The molecule has 0 aromatic rings. The molecule has 0 saturated heterocycles. The van der Waals surface area contributed by atoms with E-state index in [-0.39, 0.29) is 6.10 Å². The fourth-order valence-corrected chi connectivity index (χ4v) is 19.2. The molecule has 0 rings (SSSR count). The van der Waals surface area contributed by atoms with E-state index < -0.39 is 18.4 Å². The summed E-state index contributed by atoms with van der Waals surface area (Å²) in [7, 11) is 1.83. The molecular formula is C20H40OSn. The Bertz CT molecular complexity index is 287. The van der Waals surface area contributed by atoms with Crippen LogP contribution in [0.5, 0.6) is 0 Å². The molecule has 0 spiro atoms. The molecule has 0 aromatic carbocycles. The fraction of sp³-hybridized carbons (Fsp3) is 0.800. The zero-order valence-corrected chi connectivity index (χ0v) is 18.8. The maximum absolute atomic E-state index is 5.66. The van der Waals surface area contributed by atoms with Gasteiger partial charge in [-0.3, -0.25) is 0 Å². The third-order valence-corrected chi connectivity index (χ3v) is 21.5. The van der Waals surface area contributed by atoms with Gasteiger partial charge in [0.1, 0.15) is 0 Å². The zero-order chi connectivity index (χ0) is 16.8. The Morgan fingerprint density at radius 2 is 1.45 bits per heavy atom. The van der Waals surface area contributed by atoms with Gasteiger partial charge in [0, 0.05) is 0 Å². The Labute approximate surface area is 144 Å². The van der Waals surface area contributed by atoms with Gasteiger partial charge >= 0.3 is 145 Å². The van der Waals surface area contributed by atoms with Gasteiger partial charge in [0.2, 0.25) is 0 Å². The normalized spacial score (nSPS) is 14.1. The first-order chi connectivity index (χ1) is 10.6. The molecule has 0 saturated carbocycles. The van der Waals surface area contributed by atoms with Crippen molar-refractivity contribution in [3.63, 3.8) is 0 Å². The van der Waals surface area contributed by atoms with Crippen LogP contribution in [0.4, 0.5) is 0 Å². The van der Waals surface area contributed by atoms with Crippen LogP contribution >= 0.6 is 0 Å². The first-order valence-electron chi connectivity index (χ1n) is 9.42. The number of ether oxygens (including phenoxy) is 1. The van der Waals surface area contributed by atoms with Gasteiger partial charge in [-0.2, -0.15) is 0 Å². The number of rotatable bonds is 14. The molecule has 0 amide bonds. The average molecular weight is 415 g/mol. The molecule has 1 nitrogen and oxygen atoms in total. The van der Waals surface area contributed by atoms with Crippen LogP contribution in [0.15, 0.2) is 22.3 Å². The second kappa shape index (κ2) is 13.7. The van der Waals surface area contributed by atoms with Crippen molar-refractivity contribution in [1.29, 1.82) is 0 Å². The Morgan fingerprint density at radius 3 is 1.77 bits per heavy atom. The minimum absolute atomic E-state index is 0.235. The maximum atomic E-state index is 5.66. The van der Waals surface area contributed by atoms with Crippen LogP contribution in [-0.2, 0) is 4.74 Å². The molecule has 0 aliphatic heterocycles. The topological polar surface area (TPSA) is 9.23 Å². The van der Waals surface area contributed by atoms with Gasteiger partial charge in [-0.1, -0.05) is 0 Å². The Kier molecular flexibility index (Phi) is 13.8. The predicted molar refractivity (Wildman–Crippen MR) is 104 cm³/mol. The molecule has 1 atom stereocenters. The van der Waals surface area contributed by atoms with Crippen molar-refractivity contribution in [2.24, 2.45) is 0 Å². The first kappa shape index (κ1) is 22.2. The molecule has 22 heavy (non-hydrogen) atoms. The molecule has 0 aromatic heterocycles. The molecular weight excluding hydrogens is 375 g/mol. The van der Waals surface area contributed by atoms with Crippen LogP contribution in [0.1, 0.15) is 72.6 Å². The van der Waals surface area contributed by atoms with Gasteiger partial charge in [0.05, 0.1) is 0 Å². The molecule has 0 fully saturated rings. The summed E-state index contributed by atoms with van der Waals surface area (Å²) in [5.74, 6) is 0. The van der Waals surface area contributed by atoms with Crippen molar-refractivity contribution in [2.75, 3.05) is 7.11 Å². The summed E-state index contributed by atoms with van der Waals surface area (Å²) in [6, 6.07) is 0. The SMILES string of the molecule is C=CC[C@@H](/C=[C](\C)[Sn]([CH2]CCC)([CH2]CCC)[CH2]CCC)OC. The van der Waals surface area contributed by atoms with Crippen LogP contribution < -0.4 is 0 Å². The summed E-state index contributed by atoms with van der Waals surface area (Å²) in [6.45, 7) is 13.3. The van der Waals surface area contributed by atoms with E-state index in [2.05, 4.69) is 40.3 Å². The van der Waals surface area contributed by atoms with Gasteiger partial charge in [-0.05, 0) is 0 Å². The molecule has 0 heterocycles. The van der Waals surface area contributed by atoms with E-state index in [1.54, 1.807) is 3.59 Å². The van der Waals surface area contributed by atoms with Gasteiger partial charge in [-0.15, -0.1) is 0 Å². The third-order valence-electron chi connectivity index (χ3n) is 5.00. The Morgan fingerprint density at radius 1 is 1.00 bits per heavy atom. The van der Waals surface area contributed by atoms with Crippen molar-refractivity contribution in [3.8, 4) is 0 Å². The van der Waals surface area contributed by atoms with Crippen LogP contribution in [0.2, 0.25) is 13.3 Å². The quantitative estimate of drug-likeness (QED) is 0.221. The number of methoxy groups -OCH3 is 1. The summed E-state index contributed by atoms with van der Waals surface area (Å²) in [6.07, 6.45) is 13.9. The molecule has 0 bridgehead atoms. The monoisotopic (exact) mass is 416 g/mol. The van der Waals surface area contributed by atoms with Crippen LogP contribution in [0.25, 0.3) is 0 Å². The van der Waals surface area contributed by atoms with Crippen LogP contribution in [-0.4, -0.2) is 31.6 Å². The van der Waals surface area contributed by atoms with E-state index in [9.17, 15) is 0 Å². The van der Waals surface area contributed by atoms with Crippen molar-refractivity contribution in [1.82, 2.24) is 0 Å². The summed E-state index contributed by atoms with van der Waals surface area (Å²) in [5, 5.41) is 0. The number of hydrogen-bond acceptors (Lipinski definition) is 1. The average Bonchev–Trinajstić information content (AvgIpc) is 2.53. The van der Waals surface area contributed by atoms with E-state index in [0.29, 0.717) is 0 Å². The van der Waals surface area contributed by atoms with E-state index in [1.165, 1.54) is 51.8 Å². The van der Waals surface area contributed by atoms with E-state index in [0.717, 1.165) is 6.42 Å². The van der Waals surface area contributed by atoms with Crippen molar-refractivity contribution < 1.29 is 4.74 Å². The number of hydrogen-bond donors (Lipinski definition) is 0. The fourth-order valence-electron chi connectivity index (χ4n) is 3.36. The second-order valence-electron chi connectivity index (χ2n) is 6.74. The van der Waals surface area contributed by atoms with Gasteiger partial charge in [0.25, 0.3) is 0 Å². The minimum atomic E-state index is -2.20. The second-order valence-corrected chi connectivity index (χ2v) is 20.6. The first-order valence-corrected chi connectivity index (χ1v) is 16.9. The molecule has 0 radical (unpaired) electrons. The predicted octanol–water partition coefficient (Wildman–Crippen LogP) is 6.91. The van der Waals surface area contributed by atoms with Crippen LogP contribution in [0, 0.1) is 0 Å². The molecule has 0 aliphatic carbocycles. The summed E-state index contributed by atoms with van der Waals surface area (Å²) < 4.78 is 12.0. The van der Waals surface area contributed by atoms with Crippen molar-refractivity contribution >= 4 is 18.4 Å². The molecule has 130 valence electrons. The van der Waals surface area contributed by atoms with E-state index >= 15 is 0 Å². The Balaban J connectivity index is 5.33. The summed E-state index contributed by atoms with van der Waals surface area (Å²) >= 11 is -2.20. The summed E-state index contributed by atoms with van der Waals surface area (Å²) in [4.78, 5) is 0. The molecule has 0 aliphatic rings. The van der Waals surface area contributed by atoms with Gasteiger partial charge in [-0.25, -0.2) is 0 Å². The van der Waals surface area contributed by atoms with Gasteiger partial charge < -0.3 is 0 Å². The zero-order valence-electron chi connectivity index (χ0n) is 15.9. The third kappa shape index (κ3) is 8.19. The number of allylic oxidation sites excluding steroid dienone is 1. The van der Waals surface area contributed by atoms with E-state index in [1.807, 2.05) is 13.2 Å². The van der Waals surface area contributed by atoms with Crippen molar-refractivity contribution in [3.05, 3.63) is 22.3 Å². The van der Waals surface area contributed by atoms with Gasteiger partial charge in [0.15, 0.2) is 0 Å². The standard InChI is InChI=1S/C8H13O.3C4H9.Sn/c1-4-6-8(9-3)7-5-2;3*1-3-4-2;/h4,7-8H,1,6H2,2-3H3;3*1,3-4H2,2H3;/t8-;;;;/m0..../s1. The van der Waals surface area contributed by atoms with Crippen LogP contribution in [0.3, 0.4) is 0 Å². The molecule has 2 heteroatoms. The molecule has 0 unspecified atom stereocenters.